The largest absolute Gasteiger partial charge is 0.348 e. The Kier molecular flexibility index (Phi) is 3.24. The maximum absolute atomic E-state index is 13.7. The van der Waals surface area contributed by atoms with Crippen LogP contribution in [0.2, 0.25) is 0 Å². The molecule has 3 rings (SSSR count). The van der Waals surface area contributed by atoms with Crippen LogP contribution in [0.25, 0.3) is 0 Å². The summed E-state index contributed by atoms with van der Waals surface area (Å²) in [7, 11) is 0. The van der Waals surface area contributed by atoms with Crippen molar-refractivity contribution in [1.82, 2.24) is 4.90 Å². The highest BCUT2D eigenvalue weighted by Crippen LogP contribution is 2.26. The van der Waals surface area contributed by atoms with E-state index in [1.165, 1.54) is 12.1 Å². The highest BCUT2D eigenvalue weighted by atomic mass is 19.1. The third-order valence-electron chi connectivity index (χ3n) is 3.87. The molecule has 0 saturated carbocycles. The van der Waals surface area contributed by atoms with Gasteiger partial charge in [0, 0.05) is 18.7 Å². The first-order chi connectivity index (χ1) is 9.95. The molecule has 1 aliphatic heterocycles. The number of fused-ring (bicyclic) bond motifs is 1. The molecule has 4 heteroatoms. The second-order valence-corrected chi connectivity index (χ2v) is 5.55. The van der Waals surface area contributed by atoms with E-state index >= 15 is 0 Å². The number of hydrogen-bond acceptors (Lipinski definition) is 1. The fourth-order valence-electron chi connectivity index (χ4n) is 2.84. The lowest BCUT2D eigenvalue weighted by Gasteiger charge is -2.19. The number of hydrogen-bond donors (Lipinski definition) is 1. The van der Waals surface area contributed by atoms with Crippen LogP contribution in [0.4, 0.5) is 8.78 Å². The van der Waals surface area contributed by atoms with Gasteiger partial charge in [-0.05, 0) is 48.2 Å². The second kappa shape index (κ2) is 4.95. The third-order valence-corrected chi connectivity index (χ3v) is 3.87. The molecule has 2 aromatic carbocycles. The van der Waals surface area contributed by atoms with Crippen LogP contribution in [0.15, 0.2) is 30.3 Å². The Balaban J connectivity index is 1.86. The molecular weight excluding hydrogens is 270 g/mol. The number of nitrogens with one attached hydrogen (secondary N) is 1. The molecule has 0 saturated heterocycles. The van der Waals surface area contributed by atoms with Crippen LogP contribution in [0.1, 0.15) is 27.8 Å². The predicted octanol–water partition coefficient (Wildman–Crippen LogP) is 3.92. The highest BCUT2D eigenvalue weighted by Gasteiger charge is 2.24. The van der Waals surface area contributed by atoms with Gasteiger partial charge in [0.25, 0.3) is 0 Å². The van der Waals surface area contributed by atoms with Crippen molar-refractivity contribution in [1.29, 1.82) is 5.41 Å². The standard InChI is InChI=1S/C17H16F2N2/c1-10-5-12(6-11(2)16(10)19)8-21-9-13-3-4-14(18)7-15(13)17(21)20/h3-7,20H,8-9H2,1-2H3. The summed E-state index contributed by atoms with van der Waals surface area (Å²) in [5, 5.41) is 8.17. The normalized spacial score (nSPS) is 13.7. The van der Waals surface area contributed by atoms with Gasteiger partial charge in [-0.2, -0.15) is 0 Å². The molecule has 0 amide bonds. The van der Waals surface area contributed by atoms with Crippen molar-refractivity contribution < 1.29 is 8.78 Å². The van der Waals surface area contributed by atoms with Crippen LogP contribution in [0.3, 0.4) is 0 Å². The lowest BCUT2D eigenvalue weighted by molar-refractivity contribution is 0.421. The quantitative estimate of drug-likeness (QED) is 0.890. The van der Waals surface area contributed by atoms with Crippen molar-refractivity contribution in [2.75, 3.05) is 0 Å². The zero-order chi connectivity index (χ0) is 15.1. The summed E-state index contributed by atoms with van der Waals surface area (Å²) in [5.41, 5.74) is 3.78. The second-order valence-electron chi connectivity index (χ2n) is 5.55. The van der Waals surface area contributed by atoms with Gasteiger partial charge in [-0.15, -0.1) is 0 Å². The van der Waals surface area contributed by atoms with E-state index in [0.717, 1.165) is 11.1 Å². The van der Waals surface area contributed by atoms with Gasteiger partial charge < -0.3 is 4.90 Å². The summed E-state index contributed by atoms with van der Waals surface area (Å²) in [6.07, 6.45) is 0. The number of nitrogens with zero attached hydrogens (tertiary/aromatic N) is 1. The molecule has 1 heterocycles. The summed E-state index contributed by atoms with van der Waals surface area (Å²) in [5.74, 6) is -0.182. The summed E-state index contributed by atoms with van der Waals surface area (Å²) in [4.78, 5) is 1.87. The highest BCUT2D eigenvalue weighted by molar-refractivity contribution is 6.00. The molecule has 2 aromatic rings. The van der Waals surface area contributed by atoms with E-state index in [4.69, 9.17) is 5.41 Å². The monoisotopic (exact) mass is 286 g/mol. The van der Waals surface area contributed by atoms with E-state index in [1.54, 1.807) is 32.0 Å². The van der Waals surface area contributed by atoms with Crippen LogP contribution in [-0.4, -0.2) is 10.7 Å². The number of aryl methyl sites for hydroxylation is 2. The molecule has 108 valence electrons. The maximum atomic E-state index is 13.7. The zero-order valence-corrected chi connectivity index (χ0v) is 12.0. The Labute approximate surface area is 122 Å². The van der Waals surface area contributed by atoms with Crippen molar-refractivity contribution in [3.05, 3.63) is 69.8 Å². The molecule has 0 atom stereocenters. The molecule has 1 N–H and O–H groups in total. The van der Waals surface area contributed by atoms with E-state index in [0.29, 0.717) is 35.6 Å². The average Bonchev–Trinajstić information content (AvgIpc) is 2.73. The summed E-state index contributed by atoms with van der Waals surface area (Å²) < 4.78 is 26.9. The third kappa shape index (κ3) is 2.42. The molecule has 0 radical (unpaired) electrons. The van der Waals surface area contributed by atoms with E-state index in [1.807, 2.05) is 4.90 Å². The average molecular weight is 286 g/mol. The van der Waals surface area contributed by atoms with Crippen molar-refractivity contribution in [3.63, 3.8) is 0 Å². The fraction of sp³-hybridized carbons (Fsp3) is 0.235. The van der Waals surface area contributed by atoms with Gasteiger partial charge in [-0.3, -0.25) is 5.41 Å². The van der Waals surface area contributed by atoms with Crippen LogP contribution >= 0.6 is 0 Å². The smallest absolute Gasteiger partial charge is 0.129 e. The Morgan fingerprint density at radius 1 is 1.10 bits per heavy atom. The van der Waals surface area contributed by atoms with Gasteiger partial charge in [0.2, 0.25) is 0 Å². The number of benzene rings is 2. The van der Waals surface area contributed by atoms with E-state index in [-0.39, 0.29) is 11.6 Å². The van der Waals surface area contributed by atoms with Gasteiger partial charge in [-0.1, -0.05) is 18.2 Å². The molecule has 2 nitrogen and oxygen atoms in total. The minimum atomic E-state index is -0.325. The molecule has 0 unspecified atom stereocenters. The minimum Gasteiger partial charge on any atom is -0.348 e. The predicted molar refractivity (Wildman–Crippen MR) is 78.3 cm³/mol. The topological polar surface area (TPSA) is 27.1 Å². The lowest BCUT2D eigenvalue weighted by Crippen LogP contribution is -2.23. The molecule has 1 aliphatic rings. The summed E-state index contributed by atoms with van der Waals surface area (Å²) >= 11 is 0. The Morgan fingerprint density at radius 2 is 1.76 bits per heavy atom. The Hall–Kier alpha value is -2.23. The molecular formula is C17H16F2N2. The summed E-state index contributed by atoms with van der Waals surface area (Å²) in [6, 6.07) is 8.15. The first-order valence-electron chi connectivity index (χ1n) is 6.83. The number of rotatable bonds is 2. The first kappa shape index (κ1) is 13.7. The van der Waals surface area contributed by atoms with Crippen molar-refractivity contribution >= 4 is 5.84 Å². The molecule has 0 fully saturated rings. The van der Waals surface area contributed by atoms with Gasteiger partial charge in [0.15, 0.2) is 0 Å². The van der Waals surface area contributed by atoms with E-state index in [9.17, 15) is 8.78 Å². The van der Waals surface area contributed by atoms with E-state index in [2.05, 4.69) is 0 Å². The summed E-state index contributed by atoms with van der Waals surface area (Å²) in [6.45, 7) is 4.59. The lowest BCUT2D eigenvalue weighted by atomic mass is 10.1. The van der Waals surface area contributed by atoms with Crippen molar-refractivity contribution in [3.8, 4) is 0 Å². The molecule has 0 bridgehead atoms. The molecule has 0 spiro atoms. The molecule has 0 aromatic heterocycles. The Morgan fingerprint density at radius 3 is 2.43 bits per heavy atom. The zero-order valence-electron chi connectivity index (χ0n) is 12.0. The van der Waals surface area contributed by atoms with Gasteiger partial charge in [-0.25, -0.2) is 8.78 Å². The minimum absolute atomic E-state index is 0.180. The van der Waals surface area contributed by atoms with Gasteiger partial charge in [0.05, 0.1) is 0 Å². The maximum Gasteiger partial charge on any atom is 0.129 e. The van der Waals surface area contributed by atoms with Crippen LogP contribution in [0, 0.1) is 30.9 Å². The fourth-order valence-corrected chi connectivity index (χ4v) is 2.84. The first-order valence-corrected chi connectivity index (χ1v) is 6.83. The van der Waals surface area contributed by atoms with Crippen molar-refractivity contribution in [2.24, 2.45) is 0 Å². The van der Waals surface area contributed by atoms with Crippen LogP contribution < -0.4 is 0 Å². The van der Waals surface area contributed by atoms with Gasteiger partial charge in [0.1, 0.15) is 17.5 Å². The SMILES string of the molecule is Cc1cc(CN2Cc3ccc(F)cc3C2=N)cc(C)c1F. The van der Waals surface area contributed by atoms with Crippen LogP contribution in [-0.2, 0) is 13.1 Å². The van der Waals surface area contributed by atoms with Crippen molar-refractivity contribution in [2.45, 2.75) is 26.9 Å². The number of amidine groups is 1. The van der Waals surface area contributed by atoms with Gasteiger partial charge >= 0.3 is 0 Å². The van der Waals surface area contributed by atoms with Crippen LogP contribution in [0.5, 0.6) is 0 Å². The van der Waals surface area contributed by atoms with E-state index < -0.39 is 0 Å². The molecule has 21 heavy (non-hydrogen) atoms. The Bertz CT molecular complexity index is 715. The number of halogens is 2. The molecule has 0 aliphatic carbocycles.